The van der Waals surface area contributed by atoms with Gasteiger partial charge in [-0.1, -0.05) is 42.5 Å². The molecule has 0 saturated heterocycles. The van der Waals surface area contributed by atoms with Crippen molar-refractivity contribution >= 4 is 46.6 Å². The monoisotopic (exact) mass is 587 g/mol. The Hall–Kier alpha value is -5.46. The number of nitrogens with zero attached hydrogens (tertiary/aromatic N) is 2. The summed E-state index contributed by atoms with van der Waals surface area (Å²) in [6, 6.07) is 13.1. The average molecular weight is 588 g/mol. The Morgan fingerprint density at radius 2 is 1.53 bits per heavy atom. The van der Waals surface area contributed by atoms with Crippen LogP contribution < -0.4 is 22.1 Å². The molecule has 13 heteroatoms. The second kappa shape index (κ2) is 13.9. The van der Waals surface area contributed by atoms with Crippen molar-refractivity contribution in [3.63, 3.8) is 0 Å². The van der Waals surface area contributed by atoms with E-state index in [-0.39, 0.29) is 30.8 Å². The zero-order valence-electron chi connectivity index (χ0n) is 23.2. The van der Waals surface area contributed by atoms with Gasteiger partial charge in [-0.2, -0.15) is 9.97 Å². The van der Waals surface area contributed by atoms with Crippen LogP contribution in [0.4, 0.5) is 11.8 Å². The third-order valence-electron chi connectivity index (χ3n) is 6.97. The van der Waals surface area contributed by atoms with Crippen molar-refractivity contribution in [1.82, 2.24) is 25.6 Å². The fourth-order valence-electron chi connectivity index (χ4n) is 4.74. The number of rotatable bonds is 14. The Morgan fingerprint density at radius 1 is 0.837 bits per heavy atom. The number of nitrogen functional groups attached to an aromatic ring is 2. The Balaban J connectivity index is 1.26. The molecule has 0 spiro atoms. The maximum Gasteiger partial charge on any atom is 0.326 e. The van der Waals surface area contributed by atoms with Crippen molar-refractivity contribution in [1.29, 1.82) is 0 Å². The molecule has 0 bridgehead atoms. The lowest BCUT2D eigenvalue weighted by Gasteiger charge is -2.17. The summed E-state index contributed by atoms with van der Waals surface area (Å²) in [5.41, 5.74) is 15.2. The molecule has 0 aliphatic carbocycles. The van der Waals surface area contributed by atoms with E-state index >= 15 is 0 Å². The summed E-state index contributed by atoms with van der Waals surface area (Å²) >= 11 is 0. The first kappa shape index (κ1) is 30.5. The van der Waals surface area contributed by atoms with Gasteiger partial charge in [0.2, 0.25) is 11.9 Å². The Morgan fingerprint density at radius 3 is 2.21 bits per heavy atom. The molecule has 2 aromatic heterocycles. The average Bonchev–Trinajstić information content (AvgIpc) is 3.38. The largest absolute Gasteiger partial charge is 0.480 e. The van der Waals surface area contributed by atoms with E-state index in [0.29, 0.717) is 17.9 Å². The summed E-state index contributed by atoms with van der Waals surface area (Å²) in [6.07, 6.45) is 3.65. The first-order valence-electron chi connectivity index (χ1n) is 13.7. The van der Waals surface area contributed by atoms with Crippen molar-refractivity contribution < 1.29 is 29.4 Å². The van der Waals surface area contributed by atoms with Gasteiger partial charge < -0.3 is 37.3 Å². The second-order valence-electron chi connectivity index (χ2n) is 10.1. The summed E-state index contributed by atoms with van der Waals surface area (Å²) in [5.74, 6) is -3.30. The van der Waals surface area contributed by atoms with Gasteiger partial charge in [0.1, 0.15) is 23.5 Å². The molecular formula is C30H33N7O6. The van der Waals surface area contributed by atoms with Crippen molar-refractivity contribution in [3.05, 3.63) is 83.0 Å². The first-order chi connectivity index (χ1) is 20.6. The number of carbonyl (C=O) groups excluding carboxylic acids is 2. The lowest BCUT2D eigenvalue weighted by molar-refractivity contribution is -0.142. The number of anilines is 2. The van der Waals surface area contributed by atoms with E-state index in [1.165, 1.54) is 0 Å². The number of aromatic nitrogens is 3. The molecule has 4 rings (SSSR count). The van der Waals surface area contributed by atoms with Gasteiger partial charge >= 0.3 is 11.9 Å². The minimum absolute atomic E-state index is 0.0825. The molecule has 2 heterocycles. The SMILES string of the molecule is Nc1nc(N)c2c(CCCc3ccc(C(=O)N[C@@H](CCC(=O)N[C@@H](Cc4ccccc4)C(=O)O)C(=O)O)cc3)c[nH]c2n1. The number of carboxylic acid groups (broad SMARTS) is 2. The second-order valence-corrected chi connectivity index (χ2v) is 10.1. The van der Waals surface area contributed by atoms with Gasteiger partial charge in [-0.25, -0.2) is 9.59 Å². The fraction of sp³-hybridized carbons (Fsp3) is 0.267. The molecule has 2 aromatic carbocycles. The van der Waals surface area contributed by atoms with Gasteiger partial charge in [0.05, 0.1) is 5.39 Å². The molecule has 0 aliphatic heterocycles. The smallest absolute Gasteiger partial charge is 0.326 e. The number of carboxylic acids is 2. The van der Waals surface area contributed by atoms with Crippen LogP contribution in [-0.4, -0.2) is 61.0 Å². The number of nitrogens with one attached hydrogen (secondary N) is 3. The van der Waals surface area contributed by atoms with Crippen LogP contribution in [-0.2, 0) is 33.6 Å². The van der Waals surface area contributed by atoms with E-state index in [9.17, 15) is 29.4 Å². The van der Waals surface area contributed by atoms with Gasteiger partial charge in [-0.05, 0) is 54.5 Å². The molecule has 13 nitrogen and oxygen atoms in total. The van der Waals surface area contributed by atoms with E-state index in [2.05, 4.69) is 25.6 Å². The predicted octanol–water partition coefficient (Wildman–Crippen LogP) is 2.07. The summed E-state index contributed by atoms with van der Waals surface area (Å²) in [4.78, 5) is 59.8. The normalized spacial score (nSPS) is 12.4. The number of H-pyrrole nitrogens is 1. The van der Waals surface area contributed by atoms with Gasteiger partial charge in [0, 0.05) is 24.6 Å². The number of aryl methyl sites for hydroxylation is 2. The molecule has 0 fully saturated rings. The fourth-order valence-corrected chi connectivity index (χ4v) is 4.74. The molecule has 0 radical (unpaired) electrons. The Bertz CT molecular complexity index is 1600. The maximum atomic E-state index is 12.7. The molecule has 4 aromatic rings. The number of aromatic amines is 1. The van der Waals surface area contributed by atoms with Gasteiger partial charge in [0.15, 0.2) is 0 Å². The van der Waals surface area contributed by atoms with E-state index in [1.54, 1.807) is 54.6 Å². The molecule has 0 aliphatic rings. The van der Waals surface area contributed by atoms with E-state index in [1.807, 2.05) is 6.20 Å². The zero-order valence-corrected chi connectivity index (χ0v) is 23.2. The zero-order chi connectivity index (χ0) is 30.9. The van der Waals surface area contributed by atoms with E-state index in [0.717, 1.165) is 34.9 Å². The summed E-state index contributed by atoms with van der Waals surface area (Å²) in [7, 11) is 0. The van der Waals surface area contributed by atoms with Gasteiger partial charge in [0.25, 0.3) is 5.91 Å². The highest BCUT2D eigenvalue weighted by atomic mass is 16.4. The molecule has 0 saturated carbocycles. The molecule has 224 valence electrons. The predicted molar refractivity (Wildman–Crippen MR) is 159 cm³/mol. The van der Waals surface area contributed by atoms with E-state index in [4.69, 9.17) is 11.5 Å². The van der Waals surface area contributed by atoms with E-state index < -0.39 is 35.8 Å². The Kier molecular flexibility index (Phi) is 9.89. The quantitative estimate of drug-likeness (QED) is 0.114. The van der Waals surface area contributed by atoms with Crippen molar-refractivity contribution in [2.45, 2.75) is 50.6 Å². The van der Waals surface area contributed by atoms with Crippen molar-refractivity contribution in [3.8, 4) is 0 Å². The first-order valence-corrected chi connectivity index (χ1v) is 13.7. The lowest BCUT2D eigenvalue weighted by atomic mass is 10.0. The third-order valence-corrected chi connectivity index (χ3v) is 6.97. The topological polar surface area (TPSA) is 226 Å². The van der Waals surface area contributed by atoms with Crippen LogP contribution in [0.2, 0.25) is 0 Å². The van der Waals surface area contributed by atoms with Crippen LogP contribution in [0.3, 0.4) is 0 Å². The molecule has 0 unspecified atom stereocenters. The molecular weight excluding hydrogens is 554 g/mol. The molecule has 2 atom stereocenters. The van der Waals surface area contributed by atoms with Crippen LogP contribution in [0.5, 0.6) is 0 Å². The van der Waals surface area contributed by atoms with Crippen LogP contribution in [0.25, 0.3) is 11.0 Å². The van der Waals surface area contributed by atoms with Gasteiger partial charge in [-0.3, -0.25) is 9.59 Å². The Labute approximate surface area is 246 Å². The highest BCUT2D eigenvalue weighted by Gasteiger charge is 2.24. The number of amides is 2. The van der Waals surface area contributed by atoms with Crippen molar-refractivity contribution in [2.24, 2.45) is 0 Å². The number of benzene rings is 2. The summed E-state index contributed by atoms with van der Waals surface area (Å²) in [5, 5.41) is 24.7. The summed E-state index contributed by atoms with van der Waals surface area (Å²) < 4.78 is 0. The number of aliphatic carboxylic acids is 2. The third kappa shape index (κ3) is 8.28. The lowest BCUT2D eigenvalue weighted by Crippen LogP contribution is -2.44. The maximum absolute atomic E-state index is 12.7. The number of hydrogen-bond acceptors (Lipinski definition) is 8. The molecule has 43 heavy (non-hydrogen) atoms. The number of hydrogen-bond donors (Lipinski definition) is 7. The molecule has 2 amide bonds. The number of carbonyl (C=O) groups is 4. The van der Waals surface area contributed by atoms with Crippen LogP contribution in [0.1, 0.15) is 46.3 Å². The van der Waals surface area contributed by atoms with Crippen LogP contribution in [0.15, 0.2) is 60.8 Å². The number of fused-ring (bicyclic) bond motifs is 1. The van der Waals surface area contributed by atoms with Crippen molar-refractivity contribution in [2.75, 3.05) is 11.5 Å². The standard InChI is InChI=1S/C30H33N7O6/c31-25-24-20(16-33-26(24)37-30(32)36-25)8-4-7-17-9-11-19(12-10-17)27(39)35-21(28(40)41)13-14-23(38)34-22(29(42)43)15-18-5-2-1-3-6-18/h1-3,5-6,9-12,16,21-22H,4,7-8,13-15H2,(H,34,38)(H,35,39)(H,40,41)(H,42,43)(H5,31,32,33,36,37)/t21-,22-/m0/s1. The summed E-state index contributed by atoms with van der Waals surface area (Å²) in [6.45, 7) is 0. The minimum atomic E-state index is -1.33. The van der Waals surface area contributed by atoms with Gasteiger partial charge in [-0.15, -0.1) is 0 Å². The molecule has 9 N–H and O–H groups in total. The van der Waals surface area contributed by atoms with Crippen LogP contribution in [0, 0.1) is 0 Å². The van der Waals surface area contributed by atoms with Crippen LogP contribution >= 0.6 is 0 Å². The highest BCUT2D eigenvalue weighted by Crippen LogP contribution is 2.24. The number of nitrogens with two attached hydrogens (primary N) is 2. The highest BCUT2D eigenvalue weighted by molar-refractivity contribution is 5.96. The minimum Gasteiger partial charge on any atom is -0.480 e.